The Balaban J connectivity index is 3.73. The Labute approximate surface area is 63.1 Å². The highest BCUT2D eigenvalue weighted by Gasteiger charge is 2.09. The van der Waals surface area contributed by atoms with Crippen LogP contribution < -0.4 is 0 Å². The Bertz CT molecular complexity index is 125. The van der Waals surface area contributed by atoms with Gasteiger partial charge in [-0.05, 0) is 5.92 Å². The molecule has 0 fully saturated rings. The lowest BCUT2D eigenvalue weighted by Crippen LogP contribution is -2.10. The zero-order chi connectivity index (χ0) is 8.15. The minimum Gasteiger partial charge on any atom is -0.299 e. The first-order chi connectivity index (χ1) is 4.57. The van der Waals surface area contributed by atoms with Crippen LogP contribution in [-0.4, -0.2) is 5.78 Å². The smallest absolute Gasteiger partial charge is 0.139 e. The second-order valence-electron chi connectivity index (χ2n) is 3.09. The van der Waals surface area contributed by atoms with E-state index in [2.05, 4.69) is 6.58 Å². The van der Waals surface area contributed by atoms with E-state index in [-0.39, 0.29) is 5.92 Å². The highest BCUT2D eigenvalue weighted by molar-refractivity contribution is 5.82. The summed E-state index contributed by atoms with van der Waals surface area (Å²) in [5, 5.41) is 0. The van der Waals surface area contributed by atoms with Crippen molar-refractivity contribution in [1.29, 1.82) is 0 Å². The van der Waals surface area contributed by atoms with Crippen LogP contribution in [0.25, 0.3) is 0 Å². The molecule has 0 aliphatic rings. The van der Waals surface area contributed by atoms with E-state index in [1.54, 1.807) is 6.08 Å². The normalized spacial score (nSPS) is 13.2. The number of ketones is 1. The van der Waals surface area contributed by atoms with E-state index >= 15 is 0 Å². The Morgan fingerprint density at radius 3 is 2.30 bits per heavy atom. The summed E-state index contributed by atoms with van der Waals surface area (Å²) in [7, 11) is 0. The maximum atomic E-state index is 11.1. The molecule has 1 nitrogen and oxygen atoms in total. The van der Waals surface area contributed by atoms with Gasteiger partial charge in [0.25, 0.3) is 0 Å². The summed E-state index contributed by atoms with van der Waals surface area (Å²) in [5.41, 5.74) is 0. The molecule has 0 aromatic rings. The third kappa shape index (κ3) is 3.44. The second-order valence-corrected chi connectivity index (χ2v) is 3.09. The minimum absolute atomic E-state index is 0.0300. The van der Waals surface area contributed by atoms with Gasteiger partial charge in [-0.15, -0.1) is 6.58 Å². The predicted octanol–water partition coefficient (Wildman–Crippen LogP) is 2.42. The topological polar surface area (TPSA) is 17.1 Å². The molecule has 10 heavy (non-hydrogen) atoms. The van der Waals surface area contributed by atoms with Crippen molar-refractivity contribution >= 4 is 5.78 Å². The summed E-state index contributed by atoms with van der Waals surface area (Å²) in [4.78, 5) is 11.1. The molecule has 0 amide bonds. The zero-order valence-corrected chi connectivity index (χ0v) is 7.05. The van der Waals surface area contributed by atoms with Crippen molar-refractivity contribution in [2.45, 2.75) is 27.2 Å². The lowest BCUT2D eigenvalue weighted by atomic mass is 9.98. The van der Waals surface area contributed by atoms with Gasteiger partial charge in [-0.25, -0.2) is 0 Å². The number of Topliss-reactive ketones (excluding diaryl/α,β-unsaturated/α-hetero) is 1. The highest BCUT2D eigenvalue weighted by Crippen LogP contribution is 2.07. The van der Waals surface area contributed by atoms with E-state index < -0.39 is 0 Å². The Hall–Kier alpha value is -0.590. The average molecular weight is 140 g/mol. The first-order valence-corrected chi connectivity index (χ1v) is 3.73. The molecule has 1 unspecified atom stereocenters. The second kappa shape index (κ2) is 4.26. The fourth-order valence-corrected chi connectivity index (χ4v) is 0.720. The van der Waals surface area contributed by atoms with Crippen LogP contribution >= 0.6 is 0 Å². The Morgan fingerprint density at radius 2 is 2.00 bits per heavy atom. The zero-order valence-electron chi connectivity index (χ0n) is 7.05. The number of rotatable bonds is 4. The van der Waals surface area contributed by atoms with Crippen LogP contribution in [0.5, 0.6) is 0 Å². The Kier molecular flexibility index (Phi) is 4.01. The van der Waals surface area contributed by atoms with Crippen LogP contribution in [0.3, 0.4) is 0 Å². The molecule has 0 saturated heterocycles. The molecule has 0 saturated carbocycles. The van der Waals surface area contributed by atoms with Crippen LogP contribution in [0.4, 0.5) is 0 Å². The monoisotopic (exact) mass is 140 g/mol. The predicted molar refractivity (Wildman–Crippen MR) is 43.8 cm³/mol. The maximum Gasteiger partial charge on any atom is 0.139 e. The standard InChI is InChI=1S/C9H16O/c1-5-8(4)9(10)6-7(2)3/h5,7-8H,1,6H2,2-4H3. The molecule has 0 heterocycles. The molecule has 0 aliphatic carbocycles. The average Bonchev–Trinajstić information content (AvgIpc) is 1.85. The number of carbonyl (C=O) groups is 1. The third-order valence-electron chi connectivity index (χ3n) is 1.47. The van der Waals surface area contributed by atoms with Crippen molar-refractivity contribution in [3.05, 3.63) is 12.7 Å². The van der Waals surface area contributed by atoms with Gasteiger partial charge in [-0.3, -0.25) is 4.79 Å². The van der Waals surface area contributed by atoms with Crippen LogP contribution in [0.15, 0.2) is 12.7 Å². The van der Waals surface area contributed by atoms with E-state index in [1.165, 1.54) is 0 Å². The Morgan fingerprint density at radius 1 is 1.50 bits per heavy atom. The van der Waals surface area contributed by atoms with Gasteiger partial charge in [0.2, 0.25) is 0 Å². The van der Waals surface area contributed by atoms with Crippen molar-refractivity contribution in [2.24, 2.45) is 11.8 Å². The number of carbonyl (C=O) groups excluding carboxylic acids is 1. The largest absolute Gasteiger partial charge is 0.299 e. The lowest BCUT2D eigenvalue weighted by molar-refractivity contribution is -0.121. The molecule has 0 aromatic heterocycles. The van der Waals surface area contributed by atoms with Crippen LogP contribution in [0.2, 0.25) is 0 Å². The van der Waals surface area contributed by atoms with E-state index in [9.17, 15) is 4.79 Å². The van der Waals surface area contributed by atoms with Crippen LogP contribution in [0.1, 0.15) is 27.2 Å². The molecule has 0 rings (SSSR count). The van der Waals surface area contributed by atoms with Crippen molar-refractivity contribution in [2.75, 3.05) is 0 Å². The van der Waals surface area contributed by atoms with Crippen molar-refractivity contribution in [1.82, 2.24) is 0 Å². The summed E-state index contributed by atoms with van der Waals surface area (Å²) in [6.45, 7) is 9.55. The molecule has 1 atom stereocenters. The van der Waals surface area contributed by atoms with Crippen molar-refractivity contribution in [3.63, 3.8) is 0 Å². The molecular formula is C9H16O. The van der Waals surface area contributed by atoms with E-state index in [0.29, 0.717) is 18.1 Å². The van der Waals surface area contributed by atoms with Gasteiger partial charge in [0, 0.05) is 12.3 Å². The maximum absolute atomic E-state index is 11.1. The number of hydrogen-bond donors (Lipinski definition) is 0. The molecule has 0 N–H and O–H groups in total. The lowest BCUT2D eigenvalue weighted by Gasteiger charge is -2.06. The minimum atomic E-state index is 0.0300. The summed E-state index contributed by atoms with van der Waals surface area (Å²) in [6.07, 6.45) is 2.37. The summed E-state index contributed by atoms with van der Waals surface area (Å²) < 4.78 is 0. The molecule has 0 spiro atoms. The highest BCUT2D eigenvalue weighted by atomic mass is 16.1. The van der Waals surface area contributed by atoms with Gasteiger partial charge in [-0.1, -0.05) is 26.8 Å². The van der Waals surface area contributed by atoms with Gasteiger partial charge in [0.05, 0.1) is 0 Å². The number of allylic oxidation sites excluding steroid dienone is 1. The van der Waals surface area contributed by atoms with Gasteiger partial charge in [0.1, 0.15) is 5.78 Å². The fourth-order valence-electron chi connectivity index (χ4n) is 0.720. The van der Waals surface area contributed by atoms with Crippen LogP contribution in [-0.2, 0) is 4.79 Å². The molecule has 0 radical (unpaired) electrons. The SMILES string of the molecule is C=CC(C)C(=O)CC(C)C. The molecular weight excluding hydrogens is 124 g/mol. The fraction of sp³-hybridized carbons (Fsp3) is 0.667. The van der Waals surface area contributed by atoms with E-state index in [4.69, 9.17) is 0 Å². The van der Waals surface area contributed by atoms with Crippen molar-refractivity contribution in [3.8, 4) is 0 Å². The van der Waals surface area contributed by atoms with Crippen LogP contribution in [0, 0.1) is 11.8 Å². The van der Waals surface area contributed by atoms with E-state index in [0.717, 1.165) is 0 Å². The van der Waals surface area contributed by atoms with Gasteiger partial charge in [0.15, 0.2) is 0 Å². The summed E-state index contributed by atoms with van der Waals surface area (Å²) >= 11 is 0. The molecule has 0 aromatic carbocycles. The molecule has 1 heteroatoms. The van der Waals surface area contributed by atoms with Gasteiger partial charge in [-0.2, -0.15) is 0 Å². The molecule has 0 aliphatic heterocycles. The molecule has 58 valence electrons. The quantitative estimate of drug-likeness (QED) is 0.548. The van der Waals surface area contributed by atoms with E-state index in [1.807, 2.05) is 20.8 Å². The third-order valence-corrected chi connectivity index (χ3v) is 1.47. The number of hydrogen-bond acceptors (Lipinski definition) is 1. The summed E-state index contributed by atoms with van der Waals surface area (Å²) in [6, 6.07) is 0. The first kappa shape index (κ1) is 9.41. The van der Waals surface area contributed by atoms with Gasteiger partial charge < -0.3 is 0 Å². The molecule has 0 bridgehead atoms. The summed E-state index contributed by atoms with van der Waals surface area (Å²) in [5.74, 6) is 0.794. The van der Waals surface area contributed by atoms with Crippen molar-refractivity contribution < 1.29 is 4.79 Å². The van der Waals surface area contributed by atoms with Gasteiger partial charge >= 0.3 is 0 Å². The first-order valence-electron chi connectivity index (χ1n) is 3.73.